The Morgan fingerprint density at radius 2 is 2.04 bits per heavy atom. The Hall–Kier alpha value is -2.11. The summed E-state index contributed by atoms with van der Waals surface area (Å²) < 4.78 is 41.7. The van der Waals surface area contributed by atoms with Crippen LogP contribution >= 0.6 is 22.6 Å². The molecule has 3 aromatic rings. The van der Waals surface area contributed by atoms with Crippen LogP contribution in [0.2, 0.25) is 0 Å². The monoisotopic (exact) mass is 502 g/mol. The molecule has 0 aliphatic carbocycles. The van der Waals surface area contributed by atoms with Gasteiger partial charge in [-0.25, -0.2) is 9.97 Å². The number of rotatable bonds is 3. The summed E-state index contributed by atoms with van der Waals surface area (Å²) in [6.45, 7) is 5.15. The molecule has 0 bridgehead atoms. The first-order chi connectivity index (χ1) is 13.2. The van der Waals surface area contributed by atoms with E-state index in [1.54, 1.807) is 12.3 Å². The molecule has 1 aliphatic heterocycles. The molecule has 0 unspecified atom stereocenters. The Labute approximate surface area is 173 Å². The standard InChI is InChI=1S/C18H18F3IN6/c1-10(2)28-9-14(18(19,20)21)24-17(28)11-3-4-15(23-7-11)27-6-5-13-12(8-27)16(22)26-25-13/h3-4,7,9-10H,5-6,8H2,1-2H3,(H,25,26). The van der Waals surface area contributed by atoms with Crippen LogP contribution in [-0.2, 0) is 19.1 Å². The van der Waals surface area contributed by atoms with Crippen molar-refractivity contribution in [3.05, 3.63) is 45.2 Å². The molecule has 0 saturated heterocycles. The third-order valence-electron chi connectivity index (χ3n) is 4.79. The highest BCUT2D eigenvalue weighted by Crippen LogP contribution is 2.33. The highest BCUT2D eigenvalue weighted by molar-refractivity contribution is 14.1. The maximum Gasteiger partial charge on any atom is 0.434 e. The van der Waals surface area contributed by atoms with Gasteiger partial charge < -0.3 is 9.47 Å². The molecule has 148 valence electrons. The number of pyridine rings is 1. The Morgan fingerprint density at radius 1 is 1.25 bits per heavy atom. The topological polar surface area (TPSA) is 62.6 Å². The van der Waals surface area contributed by atoms with E-state index in [9.17, 15) is 13.2 Å². The van der Waals surface area contributed by atoms with Crippen LogP contribution in [-0.4, -0.2) is 31.3 Å². The number of nitrogens with one attached hydrogen (secondary N) is 1. The van der Waals surface area contributed by atoms with Gasteiger partial charge in [0, 0.05) is 54.8 Å². The number of aromatic amines is 1. The molecule has 0 amide bonds. The lowest BCUT2D eigenvalue weighted by Crippen LogP contribution is -2.31. The molecule has 0 aromatic carbocycles. The second-order valence-electron chi connectivity index (χ2n) is 7.00. The van der Waals surface area contributed by atoms with Gasteiger partial charge in [-0.15, -0.1) is 0 Å². The van der Waals surface area contributed by atoms with Gasteiger partial charge in [-0.05, 0) is 48.6 Å². The Balaban J connectivity index is 1.62. The number of H-pyrrole nitrogens is 1. The second kappa shape index (κ2) is 7.05. The van der Waals surface area contributed by atoms with E-state index in [0.717, 1.165) is 34.4 Å². The van der Waals surface area contributed by atoms with Crippen molar-refractivity contribution >= 4 is 28.4 Å². The quantitative estimate of drug-likeness (QED) is 0.539. The molecule has 0 spiro atoms. The van der Waals surface area contributed by atoms with Crippen molar-refractivity contribution in [3.8, 4) is 11.4 Å². The number of fused-ring (bicyclic) bond motifs is 1. The zero-order valence-corrected chi connectivity index (χ0v) is 17.4. The molecule has 1 N–H and O–H groups in total. The summed E-state index contributed by atoms with van der Waals surface area (Å²) in [7, 11) is 0. The van der Waals surface area contributed by atoms with E-state index in [2.05, 4.69) is 47.7 Å². The highest BCUT2D eigenvalue weighted by Gasteiger charge is 2.35. The van der Waals surface area contributed by atoms with E-state index < -0.39 is 11.9 Å². The normalized spacial score (nSPS) is 14.6. The maximum atomic E-state index is 13.1. The summed E-state index contributed by atoms with van der Waals surface area (Å²) in [5.41, 5.74) is 1.99. The highest BCUT2D eigenvalue weighted by atomic mass is 127. The maximum absolute atomic E-state index is 13.1. The van der Waals surface area contributed by atoms with Crippen LogP contribution in [0.5, 0.6) is 0 Å². The first kappa shape index (κ1) is 19.2. The molecule has 4 rings (SSSR count). The summed E-state index contributed by atoms with van der Waals surface area (Å²) in [4.78, 5) is 10.5. The fourth-order valence-electron chi connectivity index (χ4n) is 3.30. The van der Waals surface area contributed by atoms with Gasteiger partial charge in [0.15, 0.2) is 5.69 Å². The average molecular weight is 502 g/mol. The molecular formula is C18H18F3IN6. The number of aromatic nitrogens is 5. The molecule has 0 atom stereocenters. The largest absolute Gasteiger partial charge is 0.434 e. The molecule has 0 fully saturated rings. The minimum absolute atomic E-state index is 0.151. The Morgan fingerprint density at radius 3 is 2.68 bits per heavy atom. The van der Waals surface area contributed by atoms with E-state index >= 15 is 0 Å². The van der Waals surface area contributed by atoms with Crippen LogP contribution < -0.4 is 4.90 Å². The van der Waals surface area contributed by atoms with Gasteiger partial charge in [0.2, 0.25) is 0 Å². The number of alkyl halides is 3. The van der Waals surface area contributed by atoms with Crippen LogP contribution in [0.3, 0.4) is 0 Å². The van der Waals surface area contributed by atoms with Gasteiger partial charge in [-0.3, -0.25) is 5.10 Å². The second-order valence-corrected chi connectivity index (χ2v) is 8.02. The smallest absolute Gasteiger partial charge is 0.352 e. The van der Waals surface area contributed by atoms with E-state index in [1.165, 1.54) is 10.1 Å². The first-order valence-electron chi connectivity index (χ1n) is 8.83. The number of imidazole rings is 1. The van der Waals surface area contributed by atoms with E-state index in [4.69, 9.17) is 0 Å². The lowest BCUT2D eigenvalue weighted by Gasteiger charge is -2.27. The van der Waals surface area contributed by atoms with Crippen molar-refractivity contribution in [2.75, 3.05) is 11.4 Å². The predicted molar refractivity (Wildman–Crippen MR) is 107 cm³/mol. The third kappa shape index (κ3) is 3.49. The summed E-state index contributed by atoms with van der Waals surface area (Å²) >= 11 is 2.21. The SMILES string of the molecule is CC(C)n1cc(C(F)(F)F)nc1-c1ccc(N2CCc3[nH]nc(I)c3C2)nc1. The number of hydrogen-bond donors (Lipinski definition) is 1. The van der Waals surface area contributed by atoms with E-state index in [0.29, 0.717) is 12.1 Å². The van der Waals surface area contributed by atoms with Crippen molar-refractivity contribution in [1.82, 2.24) is 24.7 Å². The van der Waals surface area contributed by atoms with Gasteiger partial charge >= 0.3 is 6.18 Å². The molecule has 0 radical (unpaired) electrons. The zero-order valence-electron chi connectivity index (χ0n) is 15.3. The number of halogens is 4. The summed E-state index contributed by atoms with van der Waals surface area (Å²) in [5.74, 6) is 1.05. The van der Waals surface area contributed by atoms with Crippen LogP contribution in [0.1, 0.15) is 36.8 Å². The van der Waals surface area contributed by atoms with Crippen molar-refractivity contribution in [1.29, 1.82) is 0 Å². The molecular weight excluding hydrogens is 484 g/mol. The molecule has 28 heavy (non-hydrogen) atoms. The van der Waals surface area contributed by atoms with Gasteiger partial charge in [-0.2, -0.15) is 18.3 Å². The van der Waals surface area contributed by atoms with E-state index in [-0.39, 0.29) is 11.9 Å². The number of nitrogens with zero attached hydrogens (tertiary/aromatic N) is 5. The van der Waals surface area contributed by atoms with Gasteiger partial charge in [0.1, 0.15) is 15.3 Å². The number of anilines is 1. The van der Waals surface area contributed by atoms with Crippen molar-refractivity contribution in [2.45, 2.75) is 39.0 Å². The minimum atomic E-state index is -4.48. The van der Waals surface area contributed by atoms with Crippen molar-refractivity contribution in [2.24, 2.45) is 0 Å². The fraction of sp³-hybridized carbons (Fsp3) is 0.389. The molecule has 4 heterocycles. The molecule has 10 heteroatoms. The lowest BCUT2D eigenvalue weighted by molar-refractivity contribution is -0.140. The Kier molecular flexibility index (Phi) is 4.84. The van der Waals surface area contributed by atoms with Crippen molar-refractivity contribution in [3.63, 3.8) is 0 Å². The molecule has 1 aliphatic rings. The van der Waals surface area contributed by atoms with Gasteiger partial charge in [-0.1, -0.05) is 0 Å². The predicted octanol–water partition coefficient (Wildman–Crippen LogP) is 4.44. The minimum Gasteiger partial charge on any atom is -0.352 e. The van der Waals surface area contributed by atoms with Crippen LogP contribution in [0.4, 0.5) is 19.0 Å². The summed E-state index contributed by atoms with van der Waals surface area (Å²) in [5, 5.41) is 7.29. The number of hydrogen-bond acceptors (Lipinski definition) is 4. The van der Waals surface area contributed by atoms with Gasteiger partial charge in [0.05, 0.1) is 0 Å². The first-order valence-corrected chi connectivity index (χ1v) is 9.91. The van der Waals surface area contributed by atoms with E-state index in [1.807, 2.05) is 19.9 Å². The summed E-state index contributed by atoms with van der Waals surface area (Å²) in [6, 6.07) is 3.46. The van der Waals surface area contributed by atoms with Crippen LogP contribution in [0, 0.1) is 3.70 Å². The Bertz CT molecular complexity index is 990. The third-order valence-corrected chi connectivity index (χ3v) is 5.68. The zero-order chi connectivity index (χ0) is 20.1. The molecule has 3 aromatic heterocycles. The lowest BCUT2D eigenvalue weighted by atomic mass is 10.1. The average Bonchev–Trinajstić information content (AvgIpc) is 3.26. The van der Waals surface area contributed by atoms with Crippen LogP contribution in [0.15, 0.2) is 24.5 Å². The van der Waals surface area contributed by atoms with Gasteiger partial charge in [0.25, 0.3) is 0 Å². The summed E-state index contributed by atoms with van der Waals surface area (Å²) in [6.07, 6.45) is -0.982. The van der Waals surface area contributed by atoms with Crippen molar-refractivity contribution < 1.29 is 13.2 Å². The molecule has 6 nitrogen and oxygen atoms in total. The fourth-order valence-corrected chi connectivity index (χ4v) is 3.92. The van der Waals surface area contributed by atoms with Crippen LogP contribution in [0.25, 0.3) is 11.4 Å². The molecule has 0 saturated carbocycles.